The van der Waals surface area contributed by atoms with Crippen LogP contribution >= 0.6 is 12.2 Å². The van der Waals surface area contributed by atoms with Gasteiger partial charge in [-0.05, 0) is 24.6 Å². The Morgan fingerprint density at radius 1 is 1.11 bits per heavy atom. The Bertz CT molecular complexity index is 293. The van der Waals surface area contributed by atoms with Gasteiger partial charge in [0.25, 0.3) is 0 Å². The molecule has 0 aromatic rings. The van der Waals surface area contributed by atoms with E-state index in [0.29, 0.717) is 12.8 Å². The van der Waals surface area contributed by atoms with Gasteiger partial charge in [-0.25, -0.2) is 0 Å². The minimum absolute atomic E-state index is 0.121. The minimum Gasteiger partial charge on any atom is -0.302 e. The normalized spacial score (nSPS) is 10.0. The summed E-state index contributed by atoms with van der Waals surface area (Å²) >= 11 is 4.88. The molecule has 0 rings (SSSR count). The fourth-order valence-electron chi connectivity index (χ4n) is 1.30. The van der Waals surface area contributed by atoms with Crippen molar-refractivity contribution in [3.8, 4) is 0 Å². The second-order valence-corrected chi connectivity index (χ2v) is 5.01. The van der Waals surface area contributed by atoms with E-state index in [-0.39, 0.29) is 22.8 Å². The van der Waals surface area contributed by atoms with Crippen LogP contribution in [-0.2, 0) is 9.59 Å². The van der Waals surface area contributed by atoms with Crippen LogP contribution in [0.3, 0.4) is 0 Å². The third-order valence-corrected chi connectivity index (χ3v) is 2.37. The predicted octanol–water partition coefficient (Wildman–Crippen LogP) is 1.63. The molecule has 0 saturated heterocycles. The Morgan fingerprint density at radius 2 is 1.78 bits per heavy atom. The van der Waals surface area contributed by atoms with Gasteiger partial charge < -0.3 is 5.32 Å². The summed E-state index contributed by atoms with van der Waals surface area (Å²) < 4.78 is 0. The Morgan fingerprint density at radius 3 is 2.33 bits per heavy atom. The summed E-state index contributed by atoms with van der Waals surface area (Å²) in [6, 6.07) is 0. The fourth-order valence-corrected chi connectivity index (χ4v) is 1.47. The van der Waals surface area contributed by atoms with E-state index in [1.54, 1.807) is 0 Å². The number of hydrogen-bond acceptors (Lipinski definition) is 3. The van der Waals surface area contributed by atoms with Gasteiger partial charge in [-0.2, -0.15) is 0 Å². The van der Waals surface area contributed by atoms with Gasteiger partial charge in [-0.3, -0.25) is 20.4 Å². The summed E-state index contributed by atoms with van der Waals surface area (Å²) in [5.41, 5.74) is 4.97. The van der Waals surface area contributed by atoms with Gasteiger partial charge in [0.05, 0.1) is 0 Å². The lowest BCUT2D eigenvalue weighted by atomic mass is 10.1. The zero-order valence-electron chi connectivity index (χ0n) is 11.3. The first-order chi connectivity index (χ1) is 8.45. The zero-order chi connectivity index (χ0) is 14.0. The number of carbonyl (C=O) groups excluding carboxylic acids is 2. The second kappa shape index (κ2) is 9.82. The standard InChI is InChI=1S/C12H23N3O2S/c1-4-5-6-7-10(16)14-15-12(18)13-11(17)8-9(2)3/h9H,4-8H2,1-3H3,(H,14,16)(H2,13,15,17,18). The molecule has 0 aliphatic carbocycles. The van der Waals surface area contributed by atoms with Crippen molar-refractivity contribution in [2.75, 3.05) is 0 Å². The molecule has 0 radical (unpaired) electrons. The van der Waals surface area contributed by atoms with Crippen molar-refractivity contribution in [1.29, 1.82) is 0 Å². The molecule has 0 unspecified atom stereocenters. The number of hydrazine groups is 1. The SMILES string of the molecule is CCCCCC(=O)NNC(=S)NC(=O)CC(C)C. The van der Waals surface area contributed by atoms with Crippen LogP contribution in [0.1, 0.15) is 52.9 Å². The van der Waals surface area contributed by atoms with E-state index in [0.717, 1.165) is 19.3 Å². The van der Waals surface area contributed by atoms with Crippen molar-refractivity contribution in [1.82, 2.24) is 16.2 Å². The highest BCUT2D eigenvalue weighted by molar-refractivity contribution is 7.80. The van der Waals surface area contributed by atoms with E-state index >= 15 is 0 Å². The molecule has 0 spiro atoms. The molecule has 2 amide bonds. The molecule has 18 heavy (non-hydrogen) atoms. The van der Waals surface area contributed by atoms with E-state index in [9.17, 15) is 9.59 Å². The summed E-state index contributed by atoms with van der Waals surface area (Å²) in [5, 5.41) is 2.63. The van der Waals surface area contributed by atoms with Crippen molar-refractivity contribution in [3.05, 3.63) is 0 Å². The van der Waals surface area contributed by atoms with Crippen LogP contribution in [0.4, 0.5) is 0 Å². The Balaban J connectivity index is 3.69. The van der Waals surface area contributed by atoms with E-state index < -0.39 is 0 Å². The molecular weight excluding hydrogens is 250 g/mol. The Hall–Kier alpha value is -1.17. The number of thiocarbonyl (C=S) groups is 1. The predicted molar refractivity (Wildman–Crippen MR) is 75.6 cm³/mol. The van der Waals surface area contributed by atoms with Crippen LogP contribution in [0.25, 0.3) is 0 Å². The molecule has 0 saturated carbocycles. The summed E-state index contributed by atoms with van der Waals surface area (Å²) in [6.45, 7) is 5.98. The summed E-state index contributed by atoms with van der Waals surface area (Å²) in [4.78, 5) is 22.7. The molecule has 0 aliphatic heterocycles. The van der Waals surface area contributed by atoms with Crippen LogP contribution in [0.2, 0.25) is 0 Å². The number of carbonyl (C=O) groups is 2. The minimum atomic E-state index is -0.150. The van der Waals surface area contributed by atoms with Gasteiger partial charge in [0.2, 0.25) is 11.8 Å². The van der Waals surface area contributed by atoms with Crippen molar-refractivity contribution in [2.45, 2.75) is 52.9 Å². The number of hydrogen-bond donors (Lipinski definition) is 3. The summed E-state index contributed by atoms with van der Waals surface area (Å²) in [6.07, 6.45) is 3.83. The second-order valence-electron chi connectivity index (χ2n) is 4.61. The summed E-state index contributed by atoms with van der Waals surface area (Å²) in [5.74, 6) is 0.00285. The van der Waals surface area contributed by atoms with Crippen LogP contribution in [0.5, 0.6) is 0 Å². The molecule has 0 fully saturated rings. The van der Waals surface area contributed by atoms with Gasteiger partial charge in [-0.1, -0.05) is 33.6 Å². The Labute approximate surface area is 114 Å². The third kappa shape index (κ3) is 10.0. The zero-order valence-corrected chi connectivity index (χ0v) is 12.2. The topological polar surface area (TPSA) is 70.2 Å². The lowest BCUT2D eigenvalue weighted by Gasteiger charge is -2.11. The number of rotatable bonds is 6. The van der Waals surface area contributed by atoms with E-state index in [1.807, 2.05) is 13.8 Å². The van der Waals surface area contributed by atoms with Crippen molar-refractivity contribution < 1.29 is 9.59 Å². The first-order valence-corrected chi connectivity index (χ1v) is 6.75. The molecule has 0 heterocycles. The number of amides is 2. The summed E-state index contributed by atoms with van der Waals surface area (Å²) in [7, 11) is 0. The van der Waals surface area contributed by atoms with Crippen LogP contribution in [0, 0.1) is 5.92 Å². The highest BCUT2D eigenvalue weighted by atomic mass is 32.1. The molecule has 3 N–H and O–H groups in total. The lowest BCUT2D eigenvalue weighted by molar-refractivity contribution is -0.122. The Kier molecular flexibility index (Phi) is 9.18. The molecule has 0 bridgehead atoms. The molecule has 0 aromatic carbocycles. The van der Waals surface area contributed by atoms with Gasteiger partial charge in [0, 0.05) is 12.8 Å². The molecule has 104 valence electrons. The van der Waals surface area contributed by atoms with Crippen LogP contribution in [0.15, 0.2) is 0 Å². The molecule has 6 heteroatoms. The van der Waals surface area contributed by atoms with Gasteiger partial charge >= 0.3 is 0 Å². The third-order valence-electron chi connectivity index (χ3n) is 2.17. The highest BCUT2D eigenvalue weighted by Crippen LogP contribution is 1.98. The monoisotopic (exact) mass is 273 g/mol. The maximum atomic E-state index is 11.4. The van der Waals surface area contributed by atoms with Crippen molar-refractivity contribution >= 4 is 29.1 Å². The molecule has 0 aliphatic rings. The number of nitrogens with one attached hydrogen (secondary N) is 3. The van der Waals surface area contributed by atoms with Crippen LogP contribution < -0.4 is 16.2 Å². The lowest BCUT2D eigenvalue weighted by Crippen LogP contribution is -2.48. The molecule has 5 nitrogen and oxygen atoms in total. The molecular formula is C12H23N3O2S. The van der Waals surface area contributed by atoms with Crippen molar-refractivity contribution in [2.24, 2.45) is 5.92 Å². The fraction of sp³-hybridized carbons (Fsp3) is 0.750. The van der Waals surface area contributed by atoms with E-state index in [2.05, 4.69) is 23.1 Å². The first kappa shape index (κ1) is 16.8. The van der Waals surface area contributed by atoms with Gasteiger partial charge in [0.1, 0.15) is 0 Å². The average molecular weight is 273 g/mol. The number of unbranched alkanes of at least 4 members (excludes halogenated alkanes) is 2. The largest absolute Gasteiger partial charge is 0.302 e. The average Bonchev–Trinajstić information content (AvgIpc) is 2.25. The van der Waals surface area contributed by atoms with Gasteiger partial charge in [-0.15, -0.1) is 0 Å². The molecule has 0 aromatic heterocycles. The van der Waals surface area contributed by atoms with Crippen LogP contribution in [-0.4, -0.2) is 16.9 Å². The highest BCUT2D eigenvalue weighted by Gasteiger charge is 2.07. The molecule has 0 atom stereocenters. The van der Waals surface area contributed by atoms with Crippen molar-refractivity contribution in [3.63, 3.8) is 0 Å². The van der Waals surface area contributed by atoms with E-state index in [4.69, 9.17) is 12.2 Å². The van der Waals surface area contributed by atoms with E-state index in [1.165, 1.54) is 0 Å². The quantitative estimate of drug-likeness (QED) is 0.391. The van der Waals surface area contributed by atoms with Gasteiger partial charge in [0.15, 0.2) is 5.11 Å². The maximum Gasteiger partial charge on any atom is 0.238 e. The smallest absolute Gasteiger partial charge is 0.238 e. The maximum absolute atomic E-state index is 11.4. The first-order valence-electron chi connectivity index (χ1n) is 6.34.